The van der Waals surface area contributed by atoms with Gasteiger partial charge >= 0.3 is 0 Å². The lowest BCUT2D eigenvalue weighted by Crippen LogP contribution is -2.09. The Bertz CT molecular complexity index is 1020. The van der Waals surface area contributed by atoms with Crippen molar-refractivity contribution < 1.29 is 13.5 Å². The number of rotatable bonds is 6. The summed E-state index contributed by atoms with van der Waals surface area (Å²) in [6.07, 6.45) is 2.53. The fourth-order valence-electron chi connectivity index (χ4n) is 2.50. The van der Waals surface area contributed by atoms with Gasteiger partial charge in [0.15, 0.2) is 0 Å². The fraction of sp³-hybridized carbons (Fsp3) is 0.111. The summed E-state index contributed by atoms with van der Waals surface area (Å²) in [5, 5.41) is 12.6. The Kier molecular flexibility index (Phi) is 5.15. The highest BCUT2D eigenvalue weighted by Crippen LogP contribution is 2.25. The average Bonchev–Trinajstić information content (AvgIpc) is 2.61. The van der Waals surface area contributed by atoms with Crippen LogP contribution < -0.4 is 10.0 Å². The van der Waals surface area contributed by atoms with Crippen molar-refractivity contribution in [2.24, 2.45) is 0 Å². The number of aliphatic hydroxyl groups excluding tert-OH is 1. The maximum Gasteiger partial charge on any atom is 0.229 e. The van der Waals surface area contributed by atoms with Gasteiger partial charge in [-0.2, -0.15) is 0 Å². The van der Waals surface area contributed by atoms with Gasteiger partial charge in [-0.25, -0.2) is 18.4 Å². The van der Waals surface area contributed by atoms with Crippen LogP contribution in [0, 0.1) is 0 Å². The molecule has 7 nitrogen and oxygen atoms in total. The Hall–Kier alpha value is -2.97. The number of hydrogen-bond acceptors (Lipinski definition) is 6. The van der Waals surface area contributed by atoms with E-state index in [-0.39, 0.29) is 6.61 Å². The molecule has 0 aliphatic carbocycles. The van der Waals surface area contributed by atoms with E-state index in [1.54, 1.807) is 30.3 Å². The minimum Gasteiger partial charge on any atom is -0.392 e. The lowest BCUT2D eigenvalue weighted by molar-refractivity contribution is 0.282. The van der Waals surface area contributed by atoms with E-state index < -0.39 is 10.0 Å². The summed E-state index contributed by atoms with van der Waals surface area (Å²) < 4.78 is 25.2. The largest absolute Gasteiger partial charge is 0.392 e. The summed E-state index contributed by atoms with van der Waals surface area (Å²) in [5.41, 5.74) is 3.41. The van der Waals surface area contributed by atoms with E-state index in [0.29, 0.717) is 22.9 Å². The van der Waals surface area contributed by atoms with Crippen molar-refractivity contribution in [1.82, 2.24) is 9.97 Å². The summed E-state index contributed by atoms with van der Waals surface area (Å²) in [4.78, 5) is 8.47. The lowest BCUT2D eigenvalue weighted by Gasteiger charge is -2.10. The highest BCUT2D eigenvalue weighted by Gasteiger charge is 2.08. The molecule has 0 saturated carbocycles. The second-order valence-corrected chi connectivity index (χ2v) is 7.43. The smallest absolute Gasteiger partial charge is 0.229 e. The van der Waals surface area contributed by atoms with Gasteiger partial charge in [0.25, 0.3) is 0 Å². The maximum atomic E-state index is 11.4. The van der Waals surface area contributed by atoms with Crippen molar-refractivity contribution in [3.63, 3.8) is 0 Å². The average molecular weight is 370 g/mol. The molecule has 1 aromatic heterocycles. The molecule has 8 heteroatoms. The van der Waals surface area contributed by atoms with Crippen LogP contribution in [0.2, 0.25) is 0 Å². The summed E-state index contributed by atoms with van der Waals surface area (Å²) in [6, 6.07) is 16.1. The van der Waals surface area contributed by atoms with Crippen molar-refractivity contribution in [3.05, 3.63) is 66.5 Å². The van der Waals surface area contributed by atoms with E-state index in [4.69, 9.17) is 0 Å². The molecule has 0 unspecified atom stereocenters. The minimum absolute atomic E-state index is 0.0812. The Morgan fingerprint density at radius 3 is 2.54 bits per heavy atom. The zero-order valence-corrected chi connectivity index (χ0v) is 14.9. The number of hydrogen-bond donors (Lipinski definition) is 3. The van der Waals surface area contributed by atoms with Gasteiger partial charge < -0.3 is 10.4 Å². The van der Waals surface area contributed by atoms with Gasteiger partial charge in [-0.3, -0.25) is 4.72 Å². The van der Waals surface area contributed by atoms with Gasteiger partial charge in [-0.05, 0) is 23.8 Å². The van der Waals surface area contributed by atoms with Crippen LogP contribution in [0.25, 0.3) is 11.3 Å². The predicted octanol–water partition coefficient (Wildman–Crippen LogP) is 2.75. The van der Waals surface area contributed by atoms with E-state index in [2.05, 4.69) is 20.0 Å². The Morgan fingerprint density at radius 2 is 1.77 bits per heavy atom. The second-order valence-electron chi connectivity index (χ2n) is 5.68. The van der Waals surface area contributed by atoms with Crippen molar-refractivity contribution >= 4 is 27.2 Å². The van der Waals surface area contributed by atoms with Crippen LogP contribution in [-0.4, -0.2) is 29.7 Å². The molecule has 0 aliphatic rings. The van der Waals surface area contributed by atoms with Crippen LogP contribution in [0.1, 0.15) is 5.56 Å². The summed E-state index contributed by atoms with van der Waals surface area (Å²) in [5.74, 6) is 0.555. The number of sulfonamides is 1. The highest BCUT2D eigenvalue weighted by atomic mass is 32.2. The topological polar surface area (TPSA) is 104 Å². The van der Waals surface area contributed by atoms with E-state index >= 15 is 0 Å². The van der Waals surface area contributed by atoms with Gasteiger partial charge in [0.05, 0.1) is 24.2 Å². The summed E-state index contributed by atoms with van der Waals surface area (Å²) in [7, 11) is -3.34. The Morgan fingerprint density at radius 1 is 1.00 bits per heavy atom. The molecule has 26 heavy (non-hydrogen) atoms. The third kappa shape index (κ3) is 4.56. The quantitative estimate of drug-likeness (QED) is 0.616. The molecule has 2 aromatic carbocycles. The second kappa shape index (κ2) is 7.51. The van der Waals surface area contributed by atoms with Crippen molar-refractivity contribution in [2.75, 3.05) is 16.3 Å². The van der Waals surface area contributed by atoms with Crippen molar-refractivity contribution in [1.29, 1.82) is 0 Å². The number of benzene rings is 2. The zero-order chi connectivity index (χ0) is 18.6. The van der Waals surface area contributed by atoms with Crippen LogP contribution in [0.3, 0.4) is 0 Å². The monoisotopic (exact) mass is 370 g/mol. The number of nitrogens with zero attached hydrogens (tertiary/aromatic N) is 2. The summed E-state index contributed by atoms with van der Waals surface area (Å²) in [6.45, 7) is -0.0812. The fourth-order valence-corrected chi connectivity index (χ4v) is 3.06. The minimum atomic E-state index is -3.34. The molecular weight excluding hydrogens is 352 g/mol. The molecule has 0 spiro atoms. The predicted molar refractivity (Wildman–Crippen MR) is 102 cm³/mol. The molecular formula is C18H18N4O3S. The maximum absolute atomic E-state index is 11.4. The molecule has 3 aromatic rings. The zero-order valence-electron chi connectivity index (χ0n) is 14.0. The molecule has 3 N–H and O–H groups in total. The molecule has 0 aliphatic heterocycles. The number of aromatic nitrogens is 2. The Labute approximate surface area is 151 Å². The van der Waals surface area contributed by atoms with Gasteiger partial charge in [-0.15, -0.1) is 0 Å². The van der Waals surface area contributed by atoms with Crippen molar-refractivity contribution in [2.45, 2.75) is 6.61 Å². The normalized spacial score (nSPS) is 11.2. The molecule has 0 radical (unpaired) electrons. The third-order valence-electron chi connectivity index (χ3n) is 3.57. The van der Waals surface area contributed by atoms with Crippen LogP contribution >= 0.6 is 0 Å². The molecule has 0 bridgehead atoms. The SMILES string of the molecule is CS(=O)(=O)Nc1cccc(Nc2cc(-c3ccccc3CO)ncn2)c1. The standard InChI is InChI=1S/C18H18N4O3S/c1-26(24,25)22-15-7-4-6-14(9-15)21-18-10-17(19-12-20-18)16-8-3-2-5-13(16)11-23/h2-10,12,22-23H,11H2,1H3,(H,19,20,21). The molecule has 0 fully saturated rings. The van der Waals surface area contributed by atoms with Gasteiger partial charge in [-0.1, -0.05) is 30.3 Å². The molecule has 0 amide bonds. The highest BCUT2D eigenvalue weighted by molar-refractivity contribution is 7.92. The first-order valence-electron chi connectivity index (χ1n) is 7.81. The van der Waals surface area contributed by atoms with Gasteiger partial charge in [0, 0.05) is 17.3 Å². The first-order chi connectivity index (χ1) is 12.4. The molecule has 134 valence electrons. The first-order valence-corrected chi connectivity index (χ1v) is 9.70. The molecule has 3 rings (SSSR count). The van der Waals surface area contributed by atoms with E-state index in [0.717, 1.165) is 17.4 Å². The van der Waals surface area contributed by atoms with Crippen LogP contribution in [-0.2, 0) is 16.6 Å². The number of anilines is 3. The van der Waals surface area contributed by atoms with Crippen LogP contribution in [0.5, 0.6) is 0 Å². The Balaban J connectivity index is 1.87. The third-order valence-corrected chi connectivity index (χ3v) is 4.18. The lowest BCUT2D eigenvalue weighted by atomic mass is 10.0. The van der Waals surface area contributed by atoms with Crippen LogP contribution in [0.4, 0.5) is 17.2 Å². The van der Waals surface area contributed by atoms with Gasteiger partial charge in [0.2, 0.25) is 10.0 Å². The van der Waals surface area contributed by atoms with E-state index in [1.807, 2.05) is 24.3 Å². The van der Waals surface area contributed by atoms with Crippen molar-refractivity contribution in [3.8, 4) is 11.3 Å². The molecule has 1 heterocycles. The van der Waals surface area contributed by atoms with E-state index in [9.17, 15) is 13.5 Å². The van der Waals surface area contributed by atoms with Crippen LogP contribution in [0.15, 0.2) is 60.9 Å². The van der Waals surface area contributed by atoms with Gasteiger partial charge in [0.1, 0.15) is 12.1 Å². The van der Waals surface area contributed by atoms with E-state index in [1.165, 1.54) is 6.33 Å². The number of aliphatic hydroxyl groups is 1. The number of nitrogens with one attached hydrogen (secondary N) is 2. The first kappa shape index (κ1) is 17.8. The molecule has 0 atom stereocenters. The summed E-state index contributed by atoms with van der Waals surface area (Å²) >= 11 is 0. The molecule has 0 saturated heterocycles.